The summed E-state index contributed by atoms with van der Waals surface area (Å²) in [7, 11) is -9.64. The van der Waals surface area contributed by atoms with Crippen LogP contribution in [0.15, 0.2) is 72.8 Å². The van der Waals surface area contributed by atoms with Gasteiger partial charge in [0.1, 0.15) is 17.1 Å². The Hall–Kier alpha value is -3.01. The fourth-order valence-corrected chi connectivity index (χ4v) is 4.04. The van der Waals surface area contributed by atoms with Crippen LogP contribution in [0.2, 0.25) is 0 Å². The molecule has 33 heavy (non-hydrogen) atoms. The van der Waals surface area contributed by atoms with Crippen LogP contribution in [0.5, 0.6) is 11.5 Å². The van der Waals surface area contributed by atoms with Gasteiger partial charge in [0.25, 0.3) is 0 Å². The zero-order valence-electron chi connectivity index (χ0n) is 16.5. The van der Waals surface area contributed by atoms with Gasteiger partial charge in [-0.15, -0.1) is 0 Å². The van der Waals surface area contributed by atoms with Gasteiger partial charge in [-0.25, -0.2) is 13.9 Å². The fourth-order valence-electron chi connectivity index (χ4n) is 3.25. The van der Waals surface area contributed by atoms with Gasteiger partial charge in [-0.3, -0.25) is 19.6 Å². The molecule has 0 atom stereocenters. The van der Waals surface area contributed by atoms with Crippen molar-refractivity contribution in [3.05, 3.63) is 95.1 Å². The molecule has 11 nitrogen and oxygen atoms in total. The van der Waals surface area contributed by atoms with Crippen molar-refractivity contribution in [2.24, 2.45) is 0 Å². The van der Waals surface area contributed by atoms with Crippen molar-refractivity contribution in [3.8, 4) is 11.5 Å². The van der Waals surface area contributed by atoms with Gasteiger partial charge in [-0.05, 0) is 41.5 Å². The lowest BCUT2D eigenvalue weighted by molar-refractivity contribution is 0.0680. The molecule has 0 aliphatic carbocycles. The van der Waals surface area contributed by atoms with Gasteiger partial charge in [0.15, 0.2) is 0 Å². The summed E-state index contributed by atoms with van der Waals surface area (Å²) >= 11 is 0. The van der Waals surface area contributed by atoms with Gasteiger partial charge in [0.05, 0.1) is 5.56 Å². The number of benzene rings is 3. The maximum absolute atomic E-state index is 11.8. The molecule has 0 unspecified atom stereocenters. The van der Waals surface area contributed by atoms with Gasteiger partial charge in [0.2, 0.25) is 0 Å². The molecule has 3 aromatic carbocycles. The Morgan fingerprint density at radius 1 is 0.697 bits per heavy atom. The Morgan fingerprint density at radius 3 is 1.45 bits per heavy atom. The summed E-state index contributed by atoms with van der Waals surface area (Å²) in [5.41, 5.74) is -2.08. The zero-order valence-corrected chi connectivity index (χ0v) is 18.3. The Morgan fingerprint density at radius 2 is 1.09 bits per heavy atom. The van der Waals surface area contributed by atoms with Crippen molar-refractivity contribution in [1.29, 1.82) is 0 Å². The Kier molecular flexibility index (Phi) is 6.78. The van der Waals surface area contributed by atoms with Gasteiger partial charge in [-0.2, -0.15) is 0 Å². The SMILES string of the molecule is O=C(O)c1ccccc1C(O)(c1ccc(OP(=O)(O)O)cc1)c1ccc(OP(=O)(O)O)cc1. The average Bonchev–Trinajstić information content (AvgIpc) is 2.72. The molecule has 0 fully saturated rings. The summed E-state index contributed by atoms with van der Waals surface area (Å²) in [6.45, 7) is 0. The maximum atomic E-state index is 11.8. The monoisotopic (exact) mass is 496 g/mol. The second kappa shape index (κ2) is 9.09. The number of carboxylic acids is 1. The van der Waals surface area contributed by atoms with Crippen LogP contribution in [0, 0.1) is 0 Å². The van der Waals surface area contributed by atoms with E-state index in [9.17, 15) is 24.1 Å². The third-order valence-electron chi connectivity index (χ3n) is 4.54. The third-order valence-corrected chi connectivity index (χ3v) is 5.44. The first-order valence-corrected chi connectivity index (χ1v) is 12.1. The quantitative estimate of drug-likeness (QED) is 0.198. The number of rotatable bonds is 8. The summed E-state index contributed by atoms with van der Waals surface area (Å²) in [5.74, 6) is -1.69. The summed E-state index contributed by atoms with van der Waals surface area (Å²) in [5, 5.41) is 21.5. The standard InChI is InChI=1S/C20H18O11P2/c21-19(22)17-3-1-2-4-18(17)20(23,13-5-9-15(10-6-13)30-32(24,25)26)14-7-11-16(12-8-14)31-33(27,28)29/h1-12,23H,(H,21,22)(H2,24,25,26)(H2,27,28,29). The topological polar surface area (TPSA) is 191 Å². The number of carboxylic acid groups (broad SMARTS) is 1. The highest BCUT2D eigenvalue weighted by molar-refractivity contribution is 7.47. The smallest absolute Gasteiger partial charge is 0.478 e. The highest BCUT2D eigenvalue weighted by atomic mass is 31.2. The van der Waals surface area contributed by atoms with Crippen LogP contribution >= 0.6 is 15.6 Å². The van der Waals surface area contributed by atoms with E-state index in [1.807, 2.05) is 0 Å². The number of aromatic carboxylic acids is 1. The molecule has 0 bridgehead atoms. The predicted molar refractivity (Wildman–Crippen MR) is 114 cm³/mol. The zero-order chi connectivity index (χ0) is 24.4. The van der Waals surface area contributed by atoms with Crippen LogP contribution in [0.25, 0.3) is 0 Å². The minimum absolute atomic E-state index is 0.0233. The van der Waals surface area contributed by atoms with Crippen molar-refractivity contribution in [3.63, 3.8) is 0 Å². The molecule has 3 aromatic rings. The van der Waals surface area contributed by atoms with Crippen molar-refractivity contribution >= 4 is 21.6 Å². The van der Waals surface area contributed by atoms with Gasteiger partial charge >= 0.3 is 21.6 Å². The summed E-state index contributed by atoms with van der Waals surface area (Å²) in [4.78, 5) is 47.7. The van der Waals surface area contributed by atoms with Crippen LogP contribution in [0.1, 0.15) is 27.0 Å². The normalized spacial score (nSPS) is 12.3. The molecule has 0 amide bonds. The molecular weight excluding hydrogens is 478 g/mol. The second-order valence-electron chi connectivity index (χ2n) is 6.77. The Labute approximate surface area is 187 Å². The van der Waals surface area contributed by atoms with Crippen molar-refractivity contribution in [2.75, 3.05) is 0 Å². The van der Waals surface area contributed by atoms with Gasteiger partial charge in [0, 0.05) is 5.56 Å². The number of carbonyl (C=O) groups is 1. The molecular formula is C20H18O11P2. The van der Waals surface area contributed by atoms with E-state index in [4.69, 9.17) is 19.6 Å². The second-order valence-corrected chi connectivity index (χ2v) is 9.10. The van der Waals surface area contributed by atoms with Crippen LogP contribution in [-0.4, -0.2) is 35.8 Å². The van der Waals surface area contributed by atoms with E-state index < -0.39 is 27.2 Å². The summed E-state index contributed by atoms with van der Waals surface area (Å²) in [6, 6.07) is 15.6. The van der Waals surface area contributed by atoms with Crippen LogP contribution in [0.4, 0.5) is 0 Å². The molecule has 0 spiro atoms. The van der Waals surface area contributed by atoms with E-state index in [-0.39, 0.29) is 33.8 Å². The number of hydrogen-bond acceptors (Lipinski definition) is 6. The number of phosphoric ester groups is 2. The van der Waals surface area contributed by atoms with E-state index in [2.05, 4.69) is 9.05 Å². The highest BCUT2D eigenvalue weighted by Crippen LogP contribution is 2.43. The van der Waals surface area contributed by atoms with Gasteiger partial charge < -0.3 is 19.3 Å². The van der Waals surface area contributed by atoms with Crippen molar-refractivity contribution in [1.82, 2.24) is 0 Å². The lowest BCUT2D eigenvalue weighted by Crippen LogP contribution is -2.31. The van der Waals surface area contributed by atoms with E-state index >= 15 is 0 Å². The summed E-state index contributed by atoms with van der Waals surface area (Å²) in [6.07, 6.45) is 0. The van der Waals surface area contributed by atoms with Gasteiger partial charge in [-0.1, -0.05) is 42.5 Å². The molecule has 0 saturated carbocycles. The Balaban J connectivity index is 2.17. The minimum Gasteiger partial charge on any atom is -0.478 e. The average molecular weight is 496 g/mol. The molecule has 0 radical (unpaired) electrons. The lowest BCUT2D eigenvalue weighted by Gasteiger charge is -2.31. The third kappa shape index (κ3) is 5.87. The largest absolute Gasteiger partial charge is 0.524 e. The van der Waals surface area contributed by atoms with Crippen molar-refractivity contribution < 1.29 is 52.8 Å². The maximum Gasteiger partial charge on any atom is 0.524 e. The van der Waals surface area contributed by atoms with Crippen LogP contribution in [0.3, 0.4) is 0 Å². The van der Waals surface area contributed by atoms with Crippen LogP contribution in [-0.2, 0) is 14.7 Å². The first-order valence-electron chi connectivity index (χ1n) is 9.06. The highest BCUT2D eigenvalue weighted by Gasteiger charge is 2.37. The minimum atomic E-state index is -4.82. The fraction of sp³-hybridized carbons (Fsp3) is 0.0500. The molecule has 0 aliphatic rings. The van der Waals surface area contributed by atoms with Crippen LogP contribution < -0.4 is 9.05 Å². The molecule has 0 saturated heterocycles. The number of phosphoric acid groups is 2. The van der Waals surface area contributed by atoms with Crippen molar-refractivity contribution in [2.45, 2.75) is 5.60 Å². The van der Waals surface area contributed by atoms with E-state index in [0.717, 1.165) is 0 Å². The molecule has 0 aromatic heterocycles. The molecule has 6 N–H and O–H groups in total. The molecule has 3 rings (SSSR count). The van der Waals surface area contributed by atoms with E-state index in [0.29, 0.717) is 0 Å². The first-order chi connectivity index (χ1) is 15.3. The van der Waals surface area contributed by atoms with E-state index in [1.165, 1.54) is 72.8 Å². The lowest BCUT2D eigenvalue weighted by atomic mass is 9.78. The summed E-state index contributed by atoms with van der Waals surface area (Å²) < 4.78 is 31.1. The molecule has 13 heteroatoms. The molecule has 0 aliphatic heterocycles. The molecule has 0 heterocycles. The number of aliphatic hydroxyl groups is 1. The number of hydrogen-bond donors (Lipinski definition) is 6. The predicted octanol–water partition coefficient (Wildman–Crippen LogP) is 2.61. The van der Waals surface area contributed by atoms with E-state index in [1.54, 1.807) is 0 Å². The first kappa shape index (κ1) is 24.6. The Bertz CT molecular complexity index is 1180. The molecule has 174 valence electrons.